The number of methoxy groups -OCH3 is 2. The molecule has 2 aromatic heterocycles. The number of hydrogen-bond donors (Lipinski definition) is 1. The Labute approximate surface area is 173 Å². The van der Waals surface area contributed by atoms with Crippen LogP contribution in [0.25, 0.3) is 10.9 Å². The Bertz CT molecular complexity index is 1070. The van der Waals surface area contributed by atoms with Gasteiger partial charge >= 0.3 is 0 Å². The van der Waals surface area contributed by atoms with E-state index >= 15 is 0 Å². The van der Waals surface area contributed by atoms with Gasteiger partial charge in [-0.15, -0.1) is 11.3 Å². The second-order valence-electron chi connectivity index (χ2n) is 7.27. The molecule has 0 spiro atoms. The third-order valence-corrected chi connectivity index (χ3v) is 6.38. The number of thiophene rings is 1. The molecule has 1 aliphatic rings. The number of pyridine rings is 1. The lowest BCUT2D eigenvalue weighted by atomic mass is 10.1. The molecule has 3 aromatic rings. The average Bonchev–Trinajstić information content (AvgIpc) is 3.45. The van der Waals surface area contributed by atoms with Crippen molar-refractivity contribution in [3.63, 3.8) is 0 Å². The van der Waals surface area contributed by atoms with Crippen LogP contribution in [0, 0.1) is 0 Å². The van der Waals surface area contributed by atoms with Crippen molar-refractivity contribution in [1.29, 1.82) is 0 Å². The molecule has 0 unspecified atom stereocenters. The molecule has 0 saturated heterocycles. The number of rotatable bonds is 6. The minimum absolute atomic E-state index is 0.00120. The van der Waals surface area contributed by atoms with Crippen molar-refractivity contribution in [3.8, 4) is 11.5 Å². The predicted molar refractivity (Wildman–Crippen MR) is 114 cm³/mol. The number of aromatic nitrogens is 1. The third-order valence-electron chi connectivity index (χ3n) is 5.52. The van der Waals surface area contributed by atoms with Gasteiger partial charge in [0.1, 0.15) is 0 Å². The summed E-state index contributed by atoms with van der Waals surface area (Å²) in [4.78, 5) is 31.4. The largest absolute Gasteiger partial charge is 0.493 e. The van der Waals surface area contributed by atoms with Crippen LogP contribution in [-0.2, 0) is 6.54 Å². The zero-order chi connectivity index (χ0) is 20.4. The highest BCUT2D eigenvalue weighted by Crippen LogP contribution is 2.32. The van der Waals surface area contributed by atoms with Gasteiger partial charge in [-0.05, 0) is 36.4 Å². The highest BCUT2D eigenvalue weighted by molar-refractivity contribution is 7.12. The maximum atomic E-state index is 13.1. The maximum absolute atomic E-state index is 13.1. The van der Waals surface area contributed by atoms with Gasteiger partial charge in [0.2, 0.25) is 0 Å². The molecule has 1 fully saturated rings. The van der Waals surface area contributed by atoms with Crippen LogP contribution in [0.4, 0.5) is 0 Å². The minimum Gasteiger partial charge on any atom is -0.493 e. The summed E-state index contributed by atoms with van der Waals surface area (Å²) in [7, 11) is 3.14. The van der Waals surface area contributed by atoms with E-state index in [4.69, 9.17) is 9.47 Å². The fourth-order valence-corrected chi connectivity index (χ4v) is 4.68. The van der Waals surface area contributed by atoms with Gasteiger partial charge in [-0.2, -0.15) is 0 Å². The number of hydrogen-bond acceptors (Lipinski definition) is 5. The van der Waals surface area contributed by atoms with Crippen molar-refractivity contribution in [2.75, 3.05) is 14.2 Å². The quantitative estimate of drug-likeness (QED) is 0.659. The summed E-state index contributed by atoms with van der Waals surface area (Å²) in [5, 5.41) is 2.75. The molecule has 0 bridgehead atoms. The van der Waals surface area contributed by atoms with Gasteiger partial charge in [0.05, 0.1) is 31.2 Å². The van der Waals surface area contributed by atoms with Crippen LogP contribution >= 0.6 is 11.3 Å². The summed E-state index contributed by atoms with van der Waals surface area (Å²) >= 11 is 1.44. The average molecular weight is 413 g/mol. The smallest absolute Gasteiger partial charge is 0.264 e. The lowest BCUT2D eigenvalue weighted by Crippen LogP contribution is -2.39. The van der Waals surface area contributed by atoms with E-state index in [1.807, 2.05) is 34.5 Å². The van der Waals surface area contributed by atoms with E-state index in [0.717, 1.165) is 31.1 Å². The Morgan fingerprint density at radius 2 is 1.90 bits per heavy atom. The topological polar surface area (TPSA) is 71.6 Å². The molecule has 1 N–H and O–H groups in total. The summed E-state index contributed by atoms with van der Waals surface area (Å²) in [5.74, 6) is 1.16. The number of amides is 1. The molecule has 0 aliphatic heterocycles. The van der Waals surface area contributed by atoms with Crippen LogP contribution < -0.4 is 15.0 Å². The second-order valence-corrected chi connectivity index (χ2v) is 8.21. The molecule has 1 saturated carbocycles. The monoisotopic (exact) mass is 412 g/mol. The highest BCUT2D eigenvalue weighted by atomic mass is 32.1. The molecule has 2 heterocycles. The Balaban J connectivity index is 1.72. The van der Waals surface area contributed by atoms with Gasteiger partial charge in [0.15, 0.2) is 11.5 Å². The first-order valence-electron chi connectivity index (χ1n) is 9.73. The van der Waals surface area contributed by atoms with Gasteiger partial charge in [-0.3, -0.25) is 9.59 Å². The number of fused-ring (bicyclic) bond motifs is 1. The number of carbonyl (C=O) groups excluding carboxylic acids is 1. The van der Waals surface area contributed by atoms with Crippen LogP contribution in [0.2, 0.25) is 0 Å². The normalized spacial score (nSPS) is 14.3. The summed E-state index contributed by atoms with van der Waals surface area (Å²) in [6.45, 7) is 0.293. The molecule has 0 atom stereocenters. The van der Waals surface area contributed by atoms with Crippen LogP contribution in [0.1, 0.15) is 40.9 Å². The van der Waals surface area contributed by atoms with Crippen molar-refractivity contribution < 1.29 is 14.3 Å². The first-order chi connectivity index (χ1) is 14.1. The molecule has 29 heavy (non-hydrogen) atoms. The van der Waals surface area contributed by atoms with E-state index in [2.05, 4.69) is 4.98 Å². The van der Waals surface area contributed by atoms with Gasteiger partial charge in [-0.1, -0.05) is 18.9 Å². The number of benzene rings is 1. The number of ether oxygens (including phenoxy) is 2. The Morgan fingerprint density at radius 3 is 2.55 bits per heavy atom. The zero-order valence-electron chi connectivity index (χ0n) is 16.6. The number of carbonyl (C=O) groups is 1. The van der Waals surface area contributed by atoms with Gasteiger partial charge in [-0.25, -0.2) is 0 Å². The van der Waals surface area contributed by atoms with Crippen LogP contribution in [0.3, 0.4) is 0 Å². The predicted octanol–water partition coefficient (Wildman–Crippen LogP) is 4.19. The highest BCUT2D eigenvalue weighted by Gasteiger charge is 2.28. The fraction of sp³-hybridized carbons (Fsp3) is 0.364. The number of H-pyrrole nitrogens is 1. The molecule has 7 heteroatoms. The van der Waals surface area contributed by atoms with Crippen molar-refractivity contribution in [1.82, 2.24) is 9.88 Å². The minimum atomic E-state index is -0.188. The van der Waals surface area contributed by atoms with Gasteiger partial charge in [0, 0.05) is 23.1 Å². The van der Waals surface area contributed by atoms with Gasteiger partial charge in [0.25, 0.3) is 11.5 Å². The molecule has 152 valence electrons. The number of nitrogens with zero attached hydrogens (tertiary/aromatic N) is 1. The Hall–Kier alpha value is -2.80. The van der Waals surface area contributed by atoms with Gasteiger partial charge < -0.3 is 19.4 Å². The third kappa shape index (κ3) is 3.87. The summed E-state index contributed by atoms with van der Waals surface area (Å²) in [5.41, 5.74) is 1.06. The lowest BCUT2D eigenvalue weighted by molar-refractivity contribution is 0.0669. The van der Waals surface area contributed by atoms with E-state index in [0.29, 0.717) is 34.0 Å². The molecule has 6 nitrogen and oxygen atoms in total. The molecule has 1 amide bonds. The second kappa shape index (κ2) is 8.29. The first kappa shape index (κ1) is 19.5. The lowest BCUT2D eigenvalue weighted by Gasteiger charge is -2.28. The summed E-state index contributed by atoms with van der Waals surface area (Å²) < 4.78 is 10.7. The number of aromatic amines is 1. The summed E-state index contributed by atoms with van der Waals surface area (Å²) in [6.07, 6.45) is 4.19. The maximum Gasteiger partial charge on any atom is 0.264 e. The molecular formula is C22H24N2O4S. The van der Waals surface area contributed by atoms with Crippen LogP contribution in [-0.4, -0.2) is 36.1 Å². The standard InChI is InChI=1S/C22H24N2O4S/c1-27-18-11-14-10-15(21(25)23-17(14)12-19(18)28-2)13-24(16-6-3-4-7-16)22(26)20-8-5-9-29-20/h5,8-12,16H,3-4,6-7,13H2,1-2H3,(H,23,25). The molecule has 1 aliphatic carbocycles. The van der Waals surface area contributed by atoms with E-state index in [1.54, 1.807) is 20.3 Å². The van der Waals surface area contributed by atoms with Crippen molar-refractivity contribution in [2.24, 2.45) is 0 Å². The number of nitrogens with one attached hydrogen (secondary N) is 1. The van der Waals surface area contributed by atoms with Crippen LogP contribution in [0.5, 0.6) is 11.5 Å². The Kier molecular flexibility index (Phi) is 5.58. The van der Waals surface area contributed by atoms with E-state index < -0.39 is 0 Å². The molecular weight excluding hydrogens is 388 g/mol. The summed E-state index contributed by atoms with van der Waals surface area (Å²) in [6, 6.07) is 9.34. The van der Waals surface area contributed by atoms with Crippen molar-refractivity contribution in [3.05, 3.63) is 56.5 Å². The van der Waals surface area contributed by atoms with E-state index in [-0.39, 0.29) is 17.5 Å². The fourth-order valence-electron chi connectivity index (χ4n) is 4.00. The van der Waals surface area contributed by atoms with E-state index in [1.165, 1.54) is 11.3 Å². The molecule has 1 aromatic carbocycles. The van der Waals surface area contributed by atoms with Crippen LogP contribution in [0.15, 0.2) is 40.5 Å². The first-order valence-corrected chi connectivity index (χ1v) is 10.6. The SMILES string of the molecule is COc1cc2cc(CN(C(=O)c3cccs3)C3CCCC3)c(=O)[nH]c2cc1OC. The zero-order valence-corrected chi connectivity index (χ0v) is 17.4. The Morgan fingerprint density at radius 1 is 1.17 bits per heavy atom. The van der Waals surface area contributed by atoms with Crippen molar-refractivity contribution >= 4 is 28.1 Å². The molecule has 4 rings (SSSR count). The molecule has 0 radical (unpaired) electrons. The van der Waals surface area contributed by atoms with Crippen molar-refractivity contribution in [2.45, 2.75) is 38.3 Å². The van der Waals surface area contributed by atoms with E-state index in [9.17, 15) is 9.59 Å².